The van der Waals surface area contributed by atoms with Crippen molar-refractivity contribution in [3.8, 4) is 0 Å². The van der Waals surface area contributed by atoms with Crippen molar-refractivity contribution in [3.63, 3.8) is 0 Å². The van der Waals surface area contributed by atoms with Crippen LogP contribution in [0.5, 0.6) is 0 Å². The van der Waals surface area contributed by atoms with E-state index in [0.29, 0.717) is 12.1 Å². The second-order valence-corrected chi connectivity index (χ2v) is 6.27. The Hall–Kier alpha value is -1.60. The van der Waals surface area contributed by atoms with E-state index < -0.39 is 0 Å². The molecule has 2 aromatic rings. The summed E-state index contributed by atoms with van der Waals surface area (Å²) in [5, 5.41) is 3.91. The summed E-state index contributed by atoms with van der Waals surface area (Å²) < 4.78 is 0. The molecule has 2 aromatic carbocycles. The highest BCUT2D eigenvalue weighted by Crippen LogP contribution is 2.37. The molecule has 0 aromatic heterocycles. The van der Waals surface area contributed by atoms with E-state index in [1.54, 1.807) is 11.1 Å². The Bertz CT molecular complexity index is 590. The Morgan fingerprint density at radius 3 is 2.25 bits per heavy atom. The van der Waals surface area contributed by atoms with Gasteiger partial charge in [0.05, 0.1) is 0 Å². The highest BCUT2D eigenvalue weighted by Gasteiger charge is 2.33. The van der Waals surface area contributed by atoms with Crippen LogP contribution < -0.4 is 5.32 Å². The van der Waals surface area contributed by atoms with Gasteiger partial charge in [0.1, 0.15) is 0 Å². The third kappa shape index (κ3) is 2.16. The Labute approximate surface area is 121 Å². The standard InChI is InChI=1S/C19H21N/c1-2-6-14(7-3-1)19-17-10-11-18(20-19)13-16-9-5-4-8-15(16)12-17/h1-9,17-20H,10-13H2/t17-,18+,19-/m0/s1. The van der Waals surface area contributed by atoms with E-state index in [-0.39, 0.29) is 0 Å². The molecule has 102 valence electrons. The van der Waals surface area contributed by atoms with Crippen molar-refractivity contribution in [1.29, 1.82) is 0 Å². The van der Waals surface area contributed by atoms with Crippen molar-refractivity contribution < 1.29 is 0 Å². The van der Waals surface area contributed by atoms with Crippen LogP contribution in [0.3, 0.4) is 0 Å². The first-order chi connectivity index (χ1) is 9.90. The van der Waals surface area contributed by atoms with E-state index in [4.69, 9.17) is 0 Å². The number of benzene rings is 2. The van der Waals surface area contributed by atoms with Crippen LogP contribution >= 0.6 is 0 Å². The van der Waals surface area contributed by atoms with Gasteiger partial charge in [-0.1, -0.05) is 54.6 Å². The maximum Gasteiger partial charge on any atom is 0.0354 e. The van der Waals surface area contributed by atoms with E-state index >= 15 is 0 Å². The van der Waals surface area contributed by atoms with E-state index in [1.165, 1.54) is 31.2 Å². The van der Waals surface area contributed by atoms with Crippen LogP contribution in [0.15, 0.2) is 54.6 Å². The highest BCUT2D eigenvalue weighted by molar-refractivity contribution is 5.31. The van der Waals surface area contributed by atoms with Gasteiger partial charge >= 0.3 is 0 Å². The third-order valence-electron chi connectivity index (χ3n) is 5.00. The zero-order valence-corrected chi connectivity index (χ0v) is 11.8. The molecule has 5 rings (SSSR count). The van der Waals surface area contributed by atoms with Crippen molar-refractivity contribution in [1.82, 2.24) is 5.32 Å². The Morgan fingerprint density at radius 1 is 0.750 bits per heavy atom. The first-order valence-electron chi connectivity index (χ1n) is 7.78. The van der Waals surface area contributed by atoms with Crippen LogP contribution in [0.4, 0.5) is 0 Å². The second-order valence-electron chi connectivity index (χ2n) is 6.27. The minimum Gasteiger partial charge on any atom is -0.307 e. The fourth-order valence-corrected chi connectivity index (χ4v) is 3.97. The predicted molar refractivity (Wildman–Crippen MR) is 82.7 cm³/mol. The Kier molecular flexibility index (Phi) is 3.08. The molecule has 3 atom stereocenters. The summed E-state index contributed by atoms with van der Waals surface area (Å²) in [7, 11) is 0. The van der Waals surface area contributed by atoms with Crippen molar-refractivity contribution in [2.75, 3.05) is 0 Å². The average molecular weight is 263 g/mol. The van der Waals surface area contributed by atoms with Gasteiger partial charge in [0.2, 0.25) is 0 Å². The molecule has 20 heavy (non-hydrogen) atoms. The molecule has 0 radical (unpaired) electrons. The molecule has 1 N–H and O–H groups in total. The second kappa shape index (κ2) is 5.06. The minimum absolute atomic E-state index is 0.531. The monoisotopic (exact) mass is 263 g/mol. The van der Waals surface area contributed by atoms with Gasteiger partial charge in [-0.3, -0.25) is 0 Å². The molecule has 0 spiro atoms. The number of nitrogens with one attached hydrogen (secondary N) is 1. The molecule has 1 heteroatoms. The van der Waals surface area contributed by atoms with Crippen molar-refractivity contribution in [2.45, 2.75) is 37.8 Å². The molecule has 0 amide bonds. The SMILES string of the molecule is c1ccc([C@@H]2N[C@@H]3CC[C@H]2Cc2ccccc2C3)cc1. The molecule has 2 bridgehead atoms. The van der Waals surface area contributed by atoms with Crippen LogP contribution in [-0.2, 0) is 12.8 Å². The van der Waals surface area contributed by atoms with Crippen LogP contribution in [0.2, 0.25) is 0 Å². The summed E-state index contributed by atoms with van der Waals surface area (Å²) in [4.78, 5) is 0. The number of rotatable bonds is 1. The highest BCUT2D eigenvalue weighted by atomic mass is 15.0. The molecule has 1 fully saturated rings. The minimum atomic E-state index is 0.531. The van der Waals surface area contributed by atoms with Crippen LogP contribution in [0.1, 0.15) is 35.6 Å². The van der Waals surface area contributed by atoms with Crippen LogP contribution in [0.25, 0.3) is 0 Å². The van der Waals surface area contributed by atoms with Crippen molar-refractivity contribution in [2.24, 2.45) is 5.92 Å². The van der Waals surface area contributed by atoms with Gasteiger partial charge in [0, 0.05) is 12.1 Å². The van der Waals surface area contributed by atoms with Gasteiger partial charge in [0.15, 0.2) is 0 Å². The molecule has 1 nitrogen and oxygen atoms in total. The maximum atomic E-state index is 3.91. The summed E-state index contributed by atoms with van der Waals surface area (Å²) in [5.74, 6) is 0.732. The zero-order valence-electron chi connectivity index (χ0n) is 11.8. The summed E-state index contributed by atoms with van der Waals surface area (Å²) in [6.45, 7) is 0. The summed E-state index contributed by atoms with van der Waals surface area (Å²) in [6, 6.07) is 21.2. The van der Waals surface area contributed by atoms with Gasteiger partial charge in [0.25, 0.3) is 0 Å². The van der Waals surface area contributed by atoms with E-state index in [9.17, 15) is 0 Å². The van der Waals surface area contributed by atoms with E-state index in [0.717, 1.165) is 5.92 Å². The lowest BCUT2D eigenvalue weighted by Gasteiger charge is -2.41. The fraction of sp³-hybridized carbons (Fsp3) is 0.368. The first-order valence-corrected chi connectivity index (χ1v) is 7.78. The van der Waals surface area contributed by atoms with Gasteiger partial charge < -0.3 is 5.32 Å². The fourth-order valence-electron chi connectivity index (χ4n) is 3.97. The maximum absolute atomic E-state index is 3.91. The van der Waals surface area contributed by atoms with Gasteiger partial charge in [-0.2, -0.15) is 0 Å². The van der Waals surface area contributed by atoms with Crippen molar-refractivity contribution >= 4 is 0 Å². The summed E-state index contributed by atoms with van der Waals surface area (Å²) >= 11 is 0. The Balaban J connectivity index is 1.70. The summed E-state index contributed by atoms with van der Waals surface area (Å²) in [6.07, 6.45) is 5.08. The van der Waals surface area contributed by atoms with Gasteiger partial charge in [-0.15, -0.1) is 0 Å². The molecule has 2 aliphatic heterocycles. The lowest BCUT2D eigenvalue weighted by atomic mass is 9.75. The largest absolute Gasteiger partial charge is 0.307 e. The normalized spacial score (nSPS) is 28.5. The van der Waals surface area contributed by atoms with E-state index in [2.05, 4.69) is 59.9 Å². The number of hydrogen-bond acceptors (Lipinski definition) is 1. The smallest absolute Gasteiger partial charge is 0.0354 e. The Morgan fingerprint density at radius 2 is 1.45 bits per heavy atom. The van der Waals surface area contributed by atoms with Crippen LogP contribution in [-0.4, -0.2) is 6.04 Å². The van der Waals surface area contributed by atoms with E-state index in [1.807, 2.05) is 0 Å². The lowest BCUT2D eigenvalue weighted by molar-refractivity contribution is 0.221. The number of fused-ring (bicyclic) bond motifs is 2. The molecule has 1 aliphatic carbocycles. The lowest BCUT2D eigenvalue weighted by Crippen LogP contribution is -2.45. The number of piperidine rings is 1. The molecular weight excluding hydrogens is 242 g/mol. The molecule has 0 saturated carbocycles. The summed E-state index contributed by atoms with van der Waals surface area (Å²) in [5.41, 5.74) is 4.59. The van der Waals surface area contributed by atoms with Gasteiger partial charge in [-0.25, -0.2) is 0 Å². The number of hydrogen-bond donors (Lipinski definition) is 1. The molecular formula is C19H21N. The van der Waals surface area contributed by atoms with Crippen molar-refractivity contribution in [3.05, 3.63) is 71.3 Å². The first kappa shape index (κ1) is 12.2. The molecule has 2 heterocycles. The third-order valence-corrected chi connectivity index (χ3v) is 5.00. The average Bonchev–Trinajstić information content (AvgIpc) is 2.48. The molecule has 0 unspecified atom stereocenters. The topological polar surface area (TPSA) is 12.0 Å². The van der Waals surface area contributed by atoms with Gasteiger partial charge in [-0.05, 0) is 48.3 Å². The molecule has 3 aliphatic rings. The quantitative estimate of drug-likeness (QED) is 0.823. The molecule has 1 saturated heterocycles. The predicted octanol–water partition coefficient (Wildman–Crippen LogP) is 3.89. The van der Waals surface area contributed by atoms with Crippen LogP contribution in [0, 0.1) is 5.92 Å². The zero-order chi connectivity index (χ0) is 13.4.